The molecular formula is C11H21N3S. The number of thioether (sulfide) groups is 1. The van der Waals surface area contributed by atoms with Crippen molar-refractivity contribution in [2.75, 3.05) is 26.7 Å². The van der Waals surface area contributed by atoms with E-state index in [-0.39, 0.29) is 0 Å². The Labute approximate surface area is 96.7 Å². The van der Waals surface area contributed by atoms with Crippen LogP contribution in [0.25, 0.3) is 0 Å². The highest BCUT2D eigenvalue weighted by Crippen LogP contribution is 2.22. The Balaban J connectivity index is 1.70. The molecule has 2 atom stereocenters. The fraction of sp³-hybridized carbons (Fsp3) is 0.909. The van der Waals surface area contributed by atoms with Gasteiger partial charge in [-0.1, -0.05) is 18.7 Å². The zero-order chi connectivity index (χ0) is 10.7. The van der Waals surface area contributed by atoms with Gasteiger partial charge >= 0.3 is 0 Å². The molecule has 1 saturated heterocycles. The van der Waals surface area contributed by atoms with Gasteiger partial charge < -0.3 is 10.2 Å². The van der Waals surface area contributed by atoms with Crippen LogP contribution in [0.3, 0.4) is 0 Å². The Kier molecular flexibility index (Phi) is 3.92. The molecule has 0 bridgehead atoms. The molecule has 3 nitrogen and oxygen atoms in total. The Morgan fingerprint density at radius 2 is 2.47 bits per heavy atom. The van der Waals surface area contributed by atoms with Crippen molar-refractivity contribution < 1.29 is 0 Å². The first-order chi connectivity index (χ1) is 7.29. The van der Waals surface area contributed by atoms with Crippen LogP contribution in [0, 0.1) is 0 Å². The summed E-state index contributed by atoms with van der Waals surface area (Å²) in [6, 6.07) is 0.717. The van der Waals surface area contributed by atoms with E-state index in [0.717, 1.165) is 13.1 Å². The van der Waals surface area contributed by atoms with Gasteiger partial charge in [0.25, 0.3) is 0 Å². The molecule has 0 amide bonds. The number of likely N-dealkylation sites (tertiary alicyclic amines) is 1. The molecule has 0 spiro atoms. The van der Waals surface area contributed by atoms with Crippen LogP contribution in [0.4, 0.5) is 0 Å². The van der Waals surface area contributed by atoms with Crippen molar-refractivity contribution in [1.82, 2.24) is 10.2 Å². The van der Waals surface area contributed by atoms with Gasteiger partial charge in [-0.3, -0.25) is 4.99 Å². The quantitative estimate of drug-likeness (QED) is 0.793. The number of nitrogens with one attached hydrogen (secondary N) is 1. The zero-order valence-corrected chi connectivity index (χ0v) is 10.5. The molecule has 86 valence electrons. The van der Waals surface area contributed by atoms with Gasteiger partial charge in [0.2, 0.25) is 0 Å². The summed E-state index contributed by atoms with van der Waals surface area (Å²) >= 11 is 1.92. The third kappa shape index (κ3) is 2.88. The van der Waals surface area contributed by atoms with Crippen LogP contribution in [0.5, 0.6) is 0 Å². The molecule has 1 fully saturated rings. The van der Waals surface area contributed by atoms with Crippen LogP contribution in [-0.2, 0) is 0 Å². The summed E-state index contributed by atoms with van der Waals surface area (Å²) in [7, 11) is 2.22. The van der Waals surface area contributed by atoms with Crippen molar-refractivity contribution in [2.45, 2.75) is 37.5 Å². The number of amidine groups is 1. The summed E-state index contributed by atoms with van der Waals surface area (Å²) < 4.78 is 0. The van der Waals surface area contributed by atoms with Crippen LogP contribution in [-0.4, -0.2) is 48.0 Å². The molecule has 0 aliphatic carbocycles. The van der Waals surface area contributed by atoms with Crippen molar-refractivity contribution in [3.8, 4) is 0 Å². The van der Waals surface area contributed by atoms with E-state index in [1.165, 1.54) is 31.0 Å². The van der Waals surface area contributed by atoms with E-state index < -0.39 is 0 Å². The van der Waals surface area contributed by atoms with Crippen molar-refractivity contribution in [3.05, 3.63) is 0 Å². The summed E-state index contributed by atoms with van der Waals surface area (Å²) in [5, 5.41) is 5.37. The molecule has 2 aliphatic rings. The van der Waals surface area contributed by atoms with Gasteiger partial charge in [-0.05, 0) is 32.9 Å². The average molecular weight is 227 g/mol. The lowest BCUT2D eigenvalue weighted by molar-refractivity contribution is 0.310. The number of nitrogens with zero attached hydrogens (tertiary/aromatic N) is 2. The second-order valence-corrected chi connectivity index (χ2v) is 5.74. The maximum Gasteiger partial charge on any atom is 0.156 e. The molecule has 0 aromatic carbocycles. The first-order valence-electron chi connectivity index (χ1n) is 5.94. The highest BCUT2D eigenvalue weighted by atomic mass is 32.2. The maximum atomic E-state index is 4.52. The van der Waals surface area contributed by atoms with Gasteiger partial charge in [0, 0.05) is 17.8 Å². The minimum absolute atomic E-state index is 0.716. The fourth-order valence-corrected chi connectivity index (χ4v) is 3.12. The van der Waals surface area contributed by atoms with Gasteiger partial charge in [0.1, 0.15) is 0 Å². The molecule has 2 unspecified atom stereocenters. The van der Waals surface area contributed by atoms with E-state index in [2.05, 4.69) is 29.2 Å². The second-order valence-electron chi connectivity index (χ2n) is 4.45. The van der Waals surface area contributed by atoms with E-state index in [1.807, 2.05) is 11.8 Å². The summed E-state index contributed by atoms with van der Waals surface area (Å²) in [5.41, 5.74) is 0. The van der Waals surface area contributed by atoms with Crippen LogP contribution >= 0.6 is 11.8 Å². The van der Waals surface area contributed by atoms with Gasteiger partial charge in [-0.15, -0.1) is 0 Å². The van der Waals surface area contributed by atoms with E-state index in [1.54, 1.807) is 0 Å². The number of hydrogen-bond donors (Lipinski definition) is 1. The number of aliphatic imine (C=N–C) groups is 1. The number of likely N-dealkylation sites (N-methyl/N-ethyl adjacent to an activating group) is 1. The Morgan fingerprint density at radius 3 is 3.07 bits per heavy atom. The maximum absolute atomic E-state index is 4.52. The van der Waals surface area contributed by atoms with Gasteiger partial charge in [0.05, 0.1) is 6.54 Å². The van der Waals surface area contributed by atoms with Crippen LogP contribution in [0.2, 0.25) is 0 Å². The molecule has 1 N–H and O–H groups in total. The normalized spacial score (nSPS) is 32.0. The van der Waals surface area contributed by atoms with Crippen LogP contribution in [0.1, 0.15) is 26.2 Å². The van der Waals surface area contributed by atoms with Crippen LogP contribution in [0.15, 0.2) is 4.99 Å². The monoisotopic (exact) mass is 227 g/mol. The fourth-order valence-electron chi connectivity index (χ4n) is 2.17. The number of rotatable bonds is 3. The minimum Gasteiger partial charge on any atom is -0.363 e. The van der Waals surface area contributed by atoms with E-state index >= 15 is 0 Å². The van der Waals surface area contributed by atoms with E-state index in [0.29, 0.717) is 11.3 Å². The van der Waals surface area contributed by atoms with Crippen molar-refractivity contribution in [2.24, 2.45) is 4.99 Å². The molecule has 0 saturated carbocycles. The summed E-state index contributed by atoms with van der Waals surface area (Å²) in [4.78, 5) is 6.97. The lowest BCUT2D eigenvalue weighted by Crippen LogP contribution is -2.37. The molecule has 0 aromatic heterocycles. The Hall–Kier alpha value is -0.220. The molecule has 2 rings (SSSR count). The molecular weight excluding hydrogens is 206 g/mol. The topological polar surface area (TPSA) is 27.6 Å². The van der Waals surface area contributed by atoms with E-state index in [4.69, 9.17) is 0 Å². The van der Waals surface area contributed by atoms with Gasteiger partial charge in [-0.25, -0.2) is 0 Å². The molecule has 2 heterocycles. The molecule has 0 radical (unpaired) electrons. The minimum atomic E-state index is 0.716. The predicted molar refractivity (Wildman–Crippen MR) is 67.6 cm³/mol. The lowest BCUT2D eigenvalue weighted by Gasteiger charge is -2.20. The molecule has 15 heavy (non-hydrogen) atoms. The third-order valence-electron chi connectivity index (χ3n) is 3.33. The first kappa shape index (κ1) is 11.3. The SMILES string of the molecule is CCC1CN=C(NCC2CCCN2C)S1. The Bertz CT molecular complexity index is 242. The van der Waals surface area contributed by atoms with Crippen molar-refractivity contribution in [3.63, 3.8) is 0 Å². The predicted octanol–water partition coefficient (Wildman–Crippen LogP) is 1.55. The Morgan fingerprint density at radius 1 is 1.60 bits per heavy atom. The van der Waals surface area contributed by atoms with Crippen LogP contribution < -0.4 is 5.32 Å². The molecule has 0 aromatic rings. The smallest absolute Gasteiger partial charge is 0.156 e. The van der Waals surface area contributed by atoms with Gasteiger partial charge in [-0.2, -0.15) is 0 Å². The standard InChI is InChI=1S/C11H21N3S/c1-3-10-8-13-11(15-10)12-7-9-5-4-6-14(9)2/h9-10H,3-8H2,1-2H3,(H,12,13). The van der Waals surface area contributed by atoms with Crippen molar-refractivity contribution in [1.29, 1.82) is 0 Å². The lowest BCUT2D eigenvalue weighted by atomic mass is 10.2. The average Bonchev–Trinajstić information content (AvgIpc) is 2.84. The second kappa shape index (κ2) is 5.21. The third-order valence-corrected chi connectivity index (χ3v) is 4.65. The largest absolute Gasteiger partial charge is 0.363 e. The van der Waals surface area contributed by atoms with Crippen molar-refractivity contribution >= 4 is 16.9 Å². The van der Waals surface area contributed by atoms with E-state index in [9.17, 15) is 0 Å². The zero-order valence-electron chi connectivity index (χ0n) is 9.70. The highest BCUT2D eigenvalue weighted by Gasteiger charge is 2.22. The van der Waals surface area contributed by atoms with Gasteiger partial charge in [0.15, 0.2) is 5.17 Å². The molecule has 2 aliphatic heterocycles. The summed E-state index contributed by atoms with van der Waals surface area (Å²) in [6.45, 7) is 5.56. The first-order valence-corrected chi connectivity index (χ1v) is 6.82. The molecule has 4 heteroatoms. The number of hydrogen-bond acceptors (Lipinski definition) is 4. The summed E-state index contributed by atoms with van der Waals surface area (Å²) in [5.74, 6) is 0. The highest BCUT2D eigenvalue weighted by molar-refractivity contribution is 8.14. The summed E-state index contributed by atoms with van der Waals surface area (Å²) in [6.07, 6.45) is 3.90.